The first kappa shape index (κ1) is 16.0. The van der Waals surface area contributed by atoms with Gasteiger partial charge in [-0.1, -0.05) is 6.07 Å². The van der Waals surface area contributed by atoms with Gasteiger partial charge in [0.1, 0.15) is 5.60 Å². The van der Waals surface area contributed by atoms with Crippen LogP contribution in [-0.2, 0) is 15.2 Å². The van der Waals surface area contributed by atoms with E-state index in [4.69, 9.17) is 0 Å². The lowest BCUT2D eigenvalue weighted by Crippen LogP contribution is -2.38. The van der Waals surface area contributed by atoms with E-state index in [1.54, 1.807) is 6.92 Å². The number of carbonyl (C=O) groups excluding carboxylic acids is 2. The van der Waals surface area contributed by atoms with Gasteiger partial charge in [-0.05, 0) is 37.6 Å². The van der Waals surface area contributed by atoms with Gasteiger partial charge in [-0.25, -0.2) is 0 Å². The molecule has 0 spiro atoms. The Labute approximate surface area is 128 Å². The highest BCUT2D eigenvalue weighted by Crippen LogP contribution is 2.28. The molecule has 5 nitrogen and oxygen atoms in total. The Morgan fingerprint density at radius 1 is 1.43 bits per heavy atom. The molecule has 1 aromatic heterocycles. The van der Waals surface area contributed by atoms with Gasteiger partial charge < -0.3 is 15.7 Å². The summed E-state index contributed by atoms with van der Waals surface area (Å²) >= 11 is 1.47. The first-order valence-corrected chi connectivity index (χ1v) is 8.18. The quantitative estimate of drug-likeness (QED) is 0.635. The molecule has 0 saturated heterocycles. The minimum Gasteiger partial charge on any atom is -0.383 e. The Bertz CT molecular complexity index is 481. The van der Waals surface area contributed by atoms with Gasteiger partial charge in [-0.3, -0.25) is 9.59 Å². The molecule has 6 heteroatoms. The highest BCUT2D eigenvalue weighted by atomic mass is 32.1. The predicted octanol–water partition coefficient (Wildman–Crippen LogP) is 1.38. The van der Waals surface area contributed by atoms with Crippen LogP contribution in [0.2, 0.25) is 0 Å². The SMILES string of the molecule is CC(O)(CNC(=O)CCCNC(=O)C1CC1)c1cccs1. The Balaban J connectivity index is 1.59. The van der Waals surface area contributed by atoms with E-state index in [1.807, 2.05) is 17.5 Å². The minimum absolute atomic E-state index is 0.104. The summed E-state index contributed by atoms with van der Waals surface area (Å²) in [5.41, 5.74) is -1.04. The van der Waals surface area contributed by atoms with Crippen molar-refractivity contribution in [3.05, 3.63) is 22.4 Å². The summed E-state index contributed by atoms with van der Waals surface area (Å²) in [6.07, 6.45) is 2.95. The minimum atomic E-state index is -1.04. The van der Waals surface area contributed by atoms with E-state index < -0.39 is 5.60 Å². The maximum atomic E-state index is 11.7. The Hall–Kier alpha value is -1.40. The van der Waals surface area contributed by atoms with Gasteiger partial charge in [0.25, 0.3) is 0 Å². The second kappa shape index (κ2) is 7.04. The summed E-state index contributed by atoms with van der Waals surface area (Å²) in [6.45, 7) is 2.42. The second-order valence-electron chi connectivity index (χ2n) is 5.70. The number of rotatable bonds is 8. The van der Waals surface area contributed by atoms with E-state index in [2.05, 4.69) is 10.6 Å². The first-order chi connectivity index (χ1) is 9.99. The normalized spacial score (nSPS) is 17.0. The van der Waals surface area contributed by atoms with E-state index >= 15 is 0 Å². The molecule has 0 bridgehead atoms. The molecule has 1 aliphatic carbocycles. The summed E-state index contributed by atoms with van der Waals surface area (Å²) in [6, 6.07) is 3.73. The molecule has 1 unspecified atom stereocenters. The molecule has 116 valence electrons. The second-order valence-corrected chi connectivity index (χ2v) is 6.64. The zero-order valence-corrected chi connectivity index (χ0v) is 13.0. The van der Waals surface area contributed by atoms with Crippen LogP contribution in [0.15, 0.2) is 17.5 Å². The summed E-state index contributed by atoms with van der Waals surface area (Å²) in [5.74, 6) is 0.211. The zero-order valence-electron chi connectivity index (χ0n) is 12.2. The average Bonchev–Trinajstić information content (AvgIpc) is 3.15. The number of hydrogen-bond acceptors (Lipinski definition) is 4. The van der Waals surface area contributed by atoms with Crippen molar-refractivity contribution >= 4 is 23.2 Å². The molecular weight excluding hydrogens is 288 g/mol. The fourth-order valence-electron chi connectivity index (χ4n) is 1.98. The molecule has 2 rings (SSSR count). The van der Waals surface area contributed by atoms with Crippen molar-refractivity contribution in [1.82, 2.24) is 10.6 Å². The lowest BCUT2D eigenvalue weighted by atomic mass is 10.1. The third kappa shape index (κ3) is 5.13. The van der Waals surface area contributed by atoms with Gasteiger partial charge in [-0.15, -0.1) is 11.3 Å². The van der Waals surface area contributed by atoms with Crippen LogP contribution in [0.1, 0.15) is 37.5 Å². The molecule has 1 aromatic rings. The molecule has 0 radical (unpaired) electrons. The fourth-order valence-corrected chi connectivity index (χ4v) is 2.77. The van der Waals surface area contributed by atoms with Crippen molar-refractivity contribution in [1.29, 1.82) is 0 Å². The van der Waals surface area contributed by atoms with Crippen LogP contribution in [0, 0.1) is 5.92 Å². The van der Waals surface area contributed by atoms with Crippen molar-refractivity contribution < 1.29 is 14.7 Å². The molecule has 1 aliphatic rings. The molecular formula is C15H22N2O3S. The van der Waals surface area contributed by atoms with Gasteiger partial charge in [0.15, 0.2) is 0 Å². The van der Waals surface area contributed by atoms with Gasteiger partial charge >= 0.3 is 0 Å². The first-order valence-electron chi connectivity index (χ1n) is 7.30. The van der Waals surface area contributed by atoms with E-state index in [0.717, 1.165) is 17.7 Å². The highest BCUT2D eigenvalue weighted by Gasteiger charge is 2.29. The summed E-state index contributed by atoms with van der Waals surface area (Å²) < 4.78 is 0. The smallest absolute Gasteiger partial charge is 0.223 e. The zero-order chi connectivity index (χ0) is 15.3. The van der Waals surface area contributed by atoms with Crippen molar-refractivity contribution in [2.75, 3.05) is 13.1 Å². The van der Waals surface area contributed by atoms with Crippen LogP contribution in [0.5, 0.6) is 0 Å². The number of thiophene rings is 1. The number of amides is 2. The van der Waals surface area contributed by atoms with Crippen LogP contribution in [0.4, 0.5) is 0 Å². The maximum Gasteiger partial charge on any atom is 0.223 e. The molecule has 3 N–H and O–H groups in total. The van der Waals surface area contributed by atoms with Gasteiger partial charge in [0.2, 0.25) is 11.8 Å². The maximum absolute atomic E-state index is 11.7. The van der Waals surface area contributed by atoms with E-state index in [1.165, 1.54) is 11.3 Å². The number of aliphatic hydroxyl groups is 1. The fraction of sp³-hybridized carbons (Fsp3) is 0.600. The standard InChI is InChI=1S/C15H22N2O3S/c1-15(20,12-4-3-9-21-12)10-17-13(18)5-2-8-16-14(19)11-6-7-11/h3-4,9,11,20H,2,5-8,10H2,1H3,(H,16,19)(H,17,18). The Kier molecular flexibility index (Phi) is 5.36. The van der Waals surface area contributed by atoms with Crippen LogP contribution in [0.25, 0.3) is 0 Å². The van der Waals surface area contributed by atoms with E-state index in [-0.39, 0.29) is 24.3 Å². The molecule has 1 saturated carbocycles. The van der Waals surface area contributed by atoms with Crippen molar-refractivity contribution in [2.24, 2.45) is 5.92 Å². The molecule has 0 aliphatic heterocycles. The summed E-state index contributed by atoms with van der Waals surface area (Å²) in [4.78, 5) is 23.9. The molecule has 2 amide bonds. The van der Waals surface area contributed by atoms with Gasteiger partial charge in [0, 0.05) is 23.8 Å². The van der Waals surface area contributed by atoms with Gasteiger partial charge in [0.05, 0.1) is 6.54 Å². The molecule has 1 atom stereocenters. The monoisotopic (exact) mass is 310 g/mol. The summed E-state index contributed by atoms with van der Waals surface area (Å²) in [7, 11) is 0. The lowest BCUT2D eigenvalue weighted by Gasteiger charge is -2.22. The van der Waals surface area contributed by atoms with Crippen LogP contribution < -0.4 is 10.6 Å². The average molecular weight is 310 g/mol. The number of nitrogens with one attached hydrogen (secondary N) is 2. The molecule has 1 heterocycles. The molecule has 1 fully saturated rings. The topological polar surface area (TPSA) is 78.4 Å². The lowest BCUT2D eigenvalue weighted by molar-refractivity contribution is -0.124. The number of carbonyl (C=O) groups is 2. The largest absolute Gasteiger partial charge is 0.383 e. The van der Waals surface area contributed by atoms with Crippen LogP contribution >= 0.6 is 11.3 Å². The van der Waals surface area contributed by atoms with Crippen LogP contribution in [0.3, 0.4) is 0 Å². The third-order valence-electron chi connectivity index (χ3n) is 3.51. The molecule has 0 aromatic carbocycles. The van der Waals surface area contributed by atoms with Gasteiger partial charge in [-0.2, -0.15) is 0 Å². The summed E-state index contributed by atoms with van der Waals surface area (Å²) in [5, 5.41) is 17.7. The molecule has 21 heavy (non-hydrogen) atoms. The Morgan fingerprint density at radius 3 is 2.81 bits per heavy atom. The predicted molar refractivity (Wildman–Crippen MR) is 81.9 cm³/mol. The van der Waals surface area contributed by atoms with E-state index in [9.17, 15) is 14.7 Å². The van der Waals surface area contributed by atoms with Crippen molar-refractivity contribution in [3.8, 4) is 0 Å². The third-order valence-corrected chi connectivity index (χ3v) is 4.63. The van der Waals surface area contributed by atoms with Crippen molar-refractivity contribution in [2.45, 2.75) is 38.2 Å². The number of hydrogen-bond donors (Lipinski definition) is 3. The van der Waals surface area contributed by atoms with Crippen molar-refractivity contribution in [3.63, 3.8) is 0 Å². The van der Waals surface area contributed by atoms with E-state index in [0.29, 0.717) is 19.4 Å². The van der Waals surface area contributed by atoms with Crippen LogP contribution in [-0.4, -0.2) is 30.0 Å². The highest BCUT2D eigenvalue weighted by molar-refractivity contribution is 7.10. The Morgan fingerprint density at radius 2 is 2.19 bits per heavy atom.